The van der Waals surface area contributed by atoms with Gasteiger partial charge in [0.25, 0.3) is 0 Å². The fraction of sp³-hybridized carbons (Fsp3) is 0.565. The molecule has 0 radical (unpaired) electrons. The van der Waals surface area contributed by atoms with Crippen molar-refractivity contribution in [1.29, 1.82) is 0 Å². The van der Waals surface area contributed by atoms with Gasteiger partial charge in [0.1, 0.15) is 17.3 Å². The minimum Gasteiger partial charge on any atom is -0.611 e. The summed E-state index contributed by atoms with van der Waals surface area (Å²) in [5.41, 5.74) is 1.82. The zero-order valence-corrected chi connectivity index (χ0v) is 19.2. The van der Waals surface area contributed by atoms with Crippen LogP contribution in [0.2, 0.25) is 0 Å². The van der Waals surface area contributed by atoms with Crippen LogP contribution in [0.3, 0.4) is 0 Å². The summed E-state index contributed by atoms with van der Waals surface area (Å²) in [6.45, 7) is 6.04. The summed E-state index contributed by atoms with van der Waals surface area (Å²) in [7, 11) is 0. The summed E-state index contributed by atoms with van der Waals surface area (Å²) in [5.74, 6) is 1.81. The first-order chi connectivity index (χ1) is 15.6. The molecule has 1 aromatic carbocycles. The van der Waals surface area contributed by atoms with Crippen molar-refractivity contribution in [3.8, 4) is 0 Å². The van der Waals surface area contributed by atoms with Crippen LogP contribution in [0.1, 0.15) is 31.9 Å². The van der Waals surface area contributed by atoms with E-state index in [0.29, 0.717) is 11.7 Å². The lowest BCUT2D eigenvalue weighted by Crippen LogP contribution is -2.54. The lowest BCUT2D eigenvalue weighted by Gasteiger charge is -2.45. The molecule has 2 atom stereocenters. The summed E-state index contributed by atoms with van der Waals surface area (Å²) in [5, 5.41) is 3.55. The molecule has 2 saturated heterocycles. The van der Waals surface area contributed by atoms with Crippen molar-refractivity contribution in [2.45, 2.75) is 49.6 Å². The van der Waals surface area contributed by atoms with Crippen molar-refractivity contribution in [3.05, 3.63) is 35.8 Å². The van der Waals surface area contributed by atoms with Gasteiger partial charge in [0, 0.05) is 57.0 Å². The second kappa shape index (κ2) is 9.41. The average Bonchev–Trinajstić information content (AvgIpc) is 3.15. The van der Waals surface area contributed by atoms with Gasteiger partial charge in [0.2, 0.25) is 10.8 Å². The second-order valence-corrected chi connectivity index (χ2v) is 10.1. The number of halogens is 1. The first-order valence-electron chi connectivity index (χ1n) is 11.5. The van der Waals surface area contributed by atoms with Crippen LogP contribution < -0.4 is 15.1 Å². The monoisotopic (exact) mass is 459 g/mol. The van der Waals surface area contributed by atoms with E-state index in [0.717, 1.165) is 80.6 Å². The van der Waals surface area contributed by atoms with Crippen molar-refractivity contribution in [3.63, 3.8) is 0 Å². The van der Waals surface area contributed by atoms with E-state index in [9.17, 15) is 8.94 Å². The van der Waals surface area contributed by atoms with Gasteiger partial charge in [-0.2, -0.15) is 4.98 Å². The Morgan fingerprint density at radius 2 is 2.12 bits per heavy atom. The Hall–Kier alpha value is -2.10. The lowest BCUT2D eigenvalue weighted by atomic mass is 10.0. The Bertz CT molecular complexity index is 958. The quantitative estimate of drug-likeness (QED) is 0.638. The Balaban J connectivity index is 1.37. The predicted molar refractivity (Wildman–Crippen MR) is 125 cm³/mol. The second-order valence-electron chi connectivity index (χ2n) is 8.63. The molecule has 5 rings (SSSR count). The molecule has 0 aliphatic carbocycles. The maximum absolute atomic E-state index is 13.7. The van der Waals surface area contributed by atoms with Gasteiger partial charge in [-0.3, -0.25) is 0 Å². The van der Waals surface area contributed by atoms with Crippen LogP contribution in [0.15, 0.2) is 29.2 Å². The van der Waals surface area contributed by atoms with Crippen molar-refractivity contribution < 1.29 is 13.7 Å². The lowest BCUT2D eigenvalue weighted by molar-refractivity contribution is 0.0903. The number of nitrogens with zero attached hydrogens (tertiary/aromatic N) is 4. The van der Waals surface area contributed by atoms with Gasteiger partial charge in [-0.05, 0) is 55.6 Å². The number of nitrogens with one attached hydrogen (secondary N) is 1. The Labute approximate surface area is 191 Å². The topological polar surface area (TPSA) is 76.6 Å². The van der Waals surface area contributed by atoms with E-state index < -0.39 is 11.2 Å². The van der Waals surface area contributed by atoms with Crippen LogP contribution in [0.4, 0.5) is 21.8 Å². The Morgan fingerprint density at radius 3 is 2.84 bits per heavy atom. The zero-order valence-electron chi connectivity index (χ0n) is 18.4. The number of rotatable bonds is 7. The molecule has 2 fully saturated rings. The van der Waals surface area contributed by atoms with Gasteiger partial charge < -0.3 is 24.4 Å². The van der Waals surface area contributed by atoms with E-state index in [1.165, 1.54) is 6.07 Å². The standard InChI is InChI=1S/C23H30FN5O2S/c1-2-28(15-19-6-10-29(19)18-5-3-4-16(24)14-18)23-26-20-9-13-32(30)21(20)22(27-23)25-17-7-11-31-12-8-17/h3-5,14,17,19H,2,6-13,15H2,1H3,(H,25,26,27). The fourth-order valence-electron chi connectivity index (χ4n) is 4.69. The van der Waals surface area contributed by atoms with Gasteiger partial charge in [-0.25, -0.2) is 9.37 Å². The molecule has 7 nitrogen and oxygen atoms in total. The van der Waals surface area contributed by atoms with Crippen molar-refractivity contribution in [2.75, 3.05) is 53.7 Å². The summed E-state index contributed by atoms with van der Waals surface area (Å²) >= 11 is -1.05. The van der Waals surface area contributed by atoms with Gasteiger partial charge in [-0.1, -0.05) is 6.07 Å². The number of hydrogen-bond donors (Lipinski definition) is 1. The summed E-state index contributed by atoms with van der Waals surface area (Å²) in [6, 6.07) is 7.36. The molecule has 0 saturated carbocycles. The smallest absolute Gasteiger partial charge is 0.227 e. The molecule has 1 aromatic heterocycles. The van der Waals surface area contributed by atoms with E-state index in [2.05, 4.69) is 22.0 Å². The molecule has 172 valence electrons. The van der Waals surface area contributed by atoms with E-state index in [4.69, 9.17) is 14.7 Å². The number of anilines is 3. The molecular formula is C23H30FN5O2S. The average molecular weight is 460 g/mol. The largest absolute Gasteiger partial charge is 0.611 e. The highest BCUT2D eigenvalue weighted by Gasteiger charge is 2.35. The maximum atomic E-state index is 13.7. The predicted octanol–water partition coefficient (Wildman–Crippen LogP) is 2.98. The highest BCUT2D eigenvalue weighted by molar-refractivity contribution is 7.91. The third-order valence-electron chi connectivity index (χ3n) is 6.62. The highest BCUT2D eigenvalue weighted by Crippen LogP contribution is 2.34. The van der Waals surface area contributed by atoms with Gasteiger partial charge in [0.05, 0.1) is 0 Å². The van der Waals surface area contributed by atoms with E-state index in [1.54, 1.807) is 12.1 Å². The Morgan fingerprint density at radius 1 is 1.28 bits per heavy atom. The van der Waals surface area contributed by atoms with E-state index >= 15 is 0 Å². The number of fused-ring (bicyclic) bond motifs is 1. The molecule has 0 bridgehead atoms. The number of likely N-dealkylation sites (N-methyl/N-ethyl adjacent to an activating group) is 1. The maximum Gasteiger partial charge on any atom is 0.227 e. The number of hydrogen-bond acceptors (Lipinski definition) is 7. The third kappa shape index (κ3) is 4.38. The van der Waals surface area contributed by atoms with Crippen LogP contribution in [0.25, 0.3) is 0 Å². The first-order valence-corrected chi connectivity index (χ1v) is 12.8. The number of benzene rings is 1. The van der Waals surface area contributed by atoms with Crippen LogP contribution in [0, 0.1) is 5.82 Å². The number of aryl methyl sites for hydroxylation is 1. The van der Waals surface area contributed by atoms with E-state index in [1.807, 2.05) is 6.07 Å². The van der Waals surface area contributed by atoms with Gasteiger partial charge >= 0.3 is 0 Å². The van der Waals surface area contributed by atoms with Crippen LogP contribution in [-0.2, 0) is 22.3 Å². The molecular weight excluding hydrogens is 429 g/mol. The van der Waals surface area contributed by atoms with Crippen molar-refractivity contribution in [2.24, 2.45) is 0 Å². The summed E-state index contributed by atoms with van der Waals surface area (Å²) < 4.78 is 31.8. The first kappa shape index (κ1) is 21.7. The third-order valence-corrected chi connectivity index (χ3v) is 8.08. The molecule has 4 heterocycles. The summed E-state index contributed by atoms with van der Waals surface area (Å²) in [6.07, 6.45) is 3.61. The molecule has 3 aliphatic heterocycles. The molecule has 9 heteroatoms. The molecule has 32 heavy (non-hydrogen) atoms. The normalized spacial score (nSPS) is 23.0. The minimum absolute atomic E-state index is 0.209. The van der Waals surface area contributed by atoms with Crippen molar-refractivity contribution >= 4 is 28.6 Å². The number of aromatic nitrogens is 2. The van der Waals surface area contributed by atoms with Crippen LogP contribution >= 0.6 is 0 Å². The molecule has 2 unspecified atom stereocenters. The zero-order chi connectivity index (χ0) is 22.1. The molecule has 0 amide bonds. The molecule has 0 spiro atoms. The van der Waals surface area contributed by atoms with Crippen LogP contribution in [0.5, 0.6) is 0 Å². The fourth-order valence-corrected chi connectivity index (χ4v) is 6.00. The minimum atomic E-state index is -1.05. The Kier molecular flexibility index (Phi) is 6.39. The van der Waals surface area contributed by atoms with Gasteiger partial charge in [0.15, 0.2) is 5.82 Å². The van der Waals surface area contributed by atoms with E-state index in [-0.39, 0.29) is 17.9 Å². The number of ether oxygens (including phenoxy) is 1. The highest BCUT2D eigenvalue weighted by atomic mass is 32.2. The molecule has 1 N–H and O–H groups in total. The van der Waals surface area contributed by atoms with Crippen LogP contribution in [-0.4, -0.2) is 65.2 Å². The van der Waals surface area contributed by atoms with Crippen molar-refractivity contribution in [1.82, 2.24) is 9.97 Å². The molecule has 3 aliphatic rings. The molecule has 2 aromatic rings. The SMILES string of the molecule is CCN(CC1CCN1c1cccc(F)c1)c1nc2c(c(NC3CCOCC3)n1)[S+]([O-])CC2. The summed E-state index contributed by atoms with van der Waals surface area (Å²) in [4.78, 5) is 14.9. The van der Waals surface area contributed by atoms with Gasteiger partial charge in [-0.15, -0.1) is 0 Å².